The lowest BCUT2D eigenvalue weighted by molar-refractivity contribution is 0.175. The summed E-state index contributed by atoms with van der Waals surface area (Å²) >= 11 is 0. The van der Waals surface area contributed by atoms with Gasteiger partial charge in [0.15, 0.2) is 0 Å². The predicted octanol–water partition coefficient (Wildman–Crippen LogP) is 1.91. The third-order valence-corrected chi connectivity index (χ3v) is 4.06. The third-order valence-electron chi connectivity index (χ3n) is 4.06. The van der Waals surface area contributed by atoms with Gasteiger partial charge in [0, 0.05) is 32.4 Å². The molecule has 1 aliphatic heterocycles. The van der Waals surface area contributed by atoms with Gasteiger partial charge in [0.25, 0.3) is 0 Å². The molecule has 21 heavy (non-hydrogen) atoms. The van der Waals surface area contributed by atoms with Crippen LogP contribution in [0.1, 0.15) is 23.6 Å². The van der Waals surface area contributed by atoms with Crippen molar-refractivity contribution in [1.82, 2.24) is 14.7 Å². The monoisotopic (exact) mass is 289 g/mol. The fourth-order valence-electron chi connectivity index (χ4n) is 3.06. The van der Waals surface area contributed by atoms with Crippen molar-refractivity contribution >= 4 is 0 Å². The van der Waals surface area contributed by atoms with Gasteiger partial charge >= 0.3 is 0 Å². The second kappa shape index (κ2) is 5.95. The maximum atomic E-state index is 13.4. The normalized spacial score (nSPS) is 22.8. The molecule has 1 aromatic heterocycles. The van der Waals surface area contributed by atoms with Crippen LogP contribution in [-0.4, -0.2) is 39.0 Å². The summed E-state index contributed by atoms with van der Waals surface area (Å²) < 4.78 is 15.2. The van der Waals surface area contributed by atoms with E-state index in [0.29, 0.717) is 13.0 Å². The summed E-state index contributed by atoms with van der Waals surface area (Å²) in [5.74, 6) is -0.221. The molecule has 2 aromatic rings. The van der Waals surface area contributed by atoms with Crippen molar-refractivity contribution in [2.75, 3.05) is 13.1 Å². The first kappa shape index (κ1) is 14.2. The number of benzene rings is 1. The lowest BCUT2D eigenvalue weighted by Crippen LogP contribution is -2.27. The van der Waals surface area contributed by atoms with Crippen LogP contribution in [0.3, 0.4) is 0 Å². The molecule has 2 atom stereocenters. The Kier molecular flexibility index (Phi) is 4.03. The van der Waals surface area contributed by atoms with Crippen LogP contribution in [0.5, 0.6) is 0 Å². The van der Waals surface area contributed by atoms with E-state index >= 15 is 0 Å². The van der Waals surface area contributed by atoms with Crippen molar-refractivity contribution in [3.8, 4) is 0 Å². The highest BCUT2D eigenvalue weighted by atomic mass is 19.1. The Bertz CT molecular complexity index is 613. The Morgan fingerprint density at radius 1 is 1.43 bits per heavy atom. The van der Waals surface area contributed by atoms with Gasteiger partial charge in [0.05, 0.1) is 12.3 Å². The minimum absolute atomic E-state index is 0.0902. The molecule has 1 aliphatic rings. The zero-order chi connectivity index (χ0) is 14.8. The number of likely N-dealkylation sites (tertiary alicyclic amines) is 1. The summed E-state index contributed by atoms with van der Waals surface area (Å²) in [5, 5.41) is 14.1. The molecule has 2 heterocycles. The number of aliphatic hydroxyl groups excluding tert-OH is 1. The van der Waals surface area contributed by atoms with Gasteiger partial charge in [-0.2, -0.15) is 5.10 Å². The highest BCUT2D eigenvalue weighted by Crippen LogP contribution is 2.32. The van der Waals surface area contributed by atoms with Crippen molar-refractivity contribution < 1.29 is 9.50 Å². The molecule has 3 rings (SSSR count). The number of rotatable bonds is 4. The van der Waals surface area contributed by atoms with Gasteiger partial charge in [-0.15, -0.1) is 0 Å². The van der Waals surface area contributed by atoms with E-state index in [1.807, 2.05) is 25.5 Å². The lowest BCUT2D eigenvalue weighted by Gasteiger charge is -2.24. The number of hydrogen-bond acceptors (Lipinski definition) is 3. The van der Waals surface area contributed by atoms with E-state index in [0.717, 1.165) is 18.5 Å². The fraction of sp³-hybridized carbons (Fsp3) is 0.438. The van der Waals surface area contributed by atoms with E-state index in [1.54, 1.807) is 16.8 Å². The molecular formula is C16H20FN3O. The van der Waals surface area contributed by atoms with Crippen LogP contribution in [0.15, 0.2) is 36.7 Å². The molecule has 112 valence electrons. The molecule has 1 saturated heterocycles. The third kappa shape index (κ3) is 3.31. The van der Waals surface area contributed by atoms with Crippen LogP contribution in [0.25, 0.3) is 0 Å². The van der Waals surface area contributed by atoms with Crippen LogP contribution >= 0.6 is 0 Å². The highest BCUT2D eigenvalue weighted by molar-refractivity contribution is 5.22. The molecule has 5 heteroatoms. The van der Waals surface area contributed by atoms with E-state index < -0.39 is 0 Å². The van der Waals surface area contributed by atoms with Crippen molar-refractivity contribution in [3.63, 3.8) is 0 Å². The highest BCUT2D eigenvalue weighted by Gasteiger charge is 2.31. The maximum Gasteiger partial charge on any atom is 0.123 e. The summed E-state index contributed by atoms with van der Waals surface area (Å²) in [6.45, 7) is 1.48. The van der Waals surface area contributed by atoms with Gasteiger partial charge in [-0.1, -0.05) is 12.1 Å². The Morgan fingerprint density at radius 3 is 3.00 bits per heavy atom. The van der Waals surface area contributed by atoms with Crippen LogP contribution in [0.4, 0.5) is 4.39 Å². The Morgan fingerprint density at radius 2 is 2.29 bits per heavy atom. The minimum Gasteiger partial charge on any atom is -0.392 e. The fourth-order valence-corrected chi connectivity index (χ4v) is 3.06. The van der Waals surface area contributed by atoms with Crippen molar-refractivity contribution in [2.24, 2.45) is 7.05 Å². The van der Waals surface area contributed by atoms with Crippen LogP contribution in [0, 0.1) is 5.82 Å². The number of aryl methyl sites for hydroxylation is 1. The summed E-state index contributed by atoms with van der Waals surface area (Å²) in [4.78, 5) is 2.23. The second-order valence-corrected chi connectivity index (χ2v) is 5.73. The number of β-amino-alcohol motifs (C(OH)–C–C–N with tert-alkyl or cyclic N) is 1. The number of aliphatic hydroxyl groups is 1. The first-order chi connectivity index (χ1) is 10.1. The minimum atomic E-state index is -0.341. The topological polar surface area (TPSA) is 41.3 Å². The lowest BCUT2D eigenvalue weighted by atomic mass is 10.0. The average Bonchev–Trinajstić information content (AvgIpc) is 3.02. The largest absolute Gasteiger partial charge is 0.392 e. The number of halogens is 1. The zero-order valence-corrected chi connectivity index (χ0v) is 12.1. The van der Waals surface area contributed by atoms with Crippen LogP contribution in [0.2, 0.25) is 0 Å². The molecule has 0 radical (unpaired) electrons. The van der Waals surface area contributed by atoms with Gasteiger partial charge in [-0.05, 0) is 36.1 Å². The summed E-state index contributed by atoms with van der Waals surface area (Å²) in [5.41, 5.74) is 2.12. The Balaban J connectivity index is 1.70. The molecule has 0 amide bonds. The van der Waals surface area contributed by atoms with E-state index in [4.69, 9.17) is 0 Å². The summed E-state index contributed by atoms with van der Waals surface area (Å²) in [7, 11) is 1.90. The maximum absolute atomic E-state index is 13.4. The van der Waals surface area contributed by atoms with E-state index in [9.17, 15) is 9.50 Å². The van der Waals surface area contributed by atoms with Crippen LogP contribution < -0.4 is 0 Å². The number of nitrogens with zero attached hydrogens (tertiary/aromatic N) is 3. The number of hydrogen-bond donors (Lipinski definition) is 1. The molecule has 0 saturated carbocycles. The van der Waals surface area contributed by atoms with Crippen molar-refractivity contribution in [1.29, 1.82) is 0 Å². The molecular weight excluding hydrogens is 269 g/mol. The quantitative estimate of drug-likeness (QED) is 0.935. The smallest absolute Gasteiger partial charge is 0.123 e. The van der Waals surface area contributed by atoms with E-state index in [1.165, 1.54) is 11.6 Å². The molecule has 1 fully saturated rings. The molecule has 0 unspecified atom stereocenters. The summed E-state index contributed by atoms with van der Waals surface area (Å²) in [6, 6.07) is 6.78. The molecule has 1 aromatic carbocycles. The predicted molar refractivity (Wildman–Crippen MR) is 78.2 cm³/mol. The van der Waals surface area contributed by atoms with Crippen molar-refractivity contribution in [2.45, 2.75) is 25.0 Å². The average molecular weight is 289 g/mol. The Hall–Kier alpha value is -1.72. The zero-order valence-electron chi connectivity index (χ0n) is 12.1. The molecule has 1 N–H and O–H groups in total. The van der Waals surface area contributed by atoms with E-state index in [2.05, 4.69) is 10.00 Å². The molecule has 4 nitrogen and oxygen atoms in total. The van der Waals surface area contributed by atoms with Gasteiger partial charge in [-0.25, -0.2) is 4.39 Å². The first-order valence-corrected chi connectivity index (χ1v) is 7.27. The van der Waals surface area contributed by atoms with Crippen molar-refractivity contribution in [3.05, 3.63) is 53.6 Å². The summed E-state index contributed by atoms with van der Waals surface area (Å²) in [6.07, 6.45) is 5.07. The number of aromatic nitrogens is 2. The van der Waals surface area contributed by atoms with Gasteiger partial charge in [-0.3, -0.25) is 9.58 Å². The SMILES string of the molecule is Cn1cc(CCN2C[C@@H](O)C[C@@H]2c2cccc(F)c2)cn1. The first-order valence-electron chi connectivity index (χ1n) is 7.27. The second-order valence-electron chi connectivity index (χ2n) is 5.73. The standard InChI is InChI=1S/C16H20FN3O/c1-19-10-12(9-18-19)5-6-20-11-15(21)8-16(20)13-3-2-4-14(17)7-13/h2-4,7,9-10,15-16,21H,5-6,8,11H2,1H3/t15-,16+/m0/s1. The molecule has 0 spiro atoms. The Labute approximate surface area is 123 Å². The molecule has 0 bridgehead atoms. The van der Waals surface area contributed by atoms with E-state index in [-0.39, 0.29) is 18.0 Å². The van der Waals surface area contributed by atoms with Crippen LogP contribution in [-0.2, 0) is 13.5 Å². The van der Waals surface area contributed by atoms with Gasteiger partial charge in [0.2, 0.25) is 0 Å². The molecule has 0 aliphatic carbocycles. The van der Waals surface area contributed by atoms with Gasteiger partial charge < -0.3 is 5.11 Å². The van der Waals surface area contributed by atoms with Gasteiger partial charge in [0.1, 0.15) is 5.82 Å².